The van der Waals surface area contributed by atoms with E-state index in [1.807, 2.05) is 85.8 Å². The maximum atomic E-state index is 6.20. The molecule has 0 N–H and O–H groups in total. The van der Waals surface area contributed by atoms with Gasteiger partial charge in [-0.15, -0.1) is 10.2 Å². The van der Waals surface area contributed by atoms with Gasteiger partial charge in [-0.2, -0.15) is 9.36 Å². The van der Waals surface area contributed by atoms with Crippen LogP contribution in [0, 0.1) is 0 Å². The molecule has 0 saturated heterocycles. The molecule has 0 aliphatic carbocycles. The zero-order chi connectivity index (χ0) is 26.8. The summed E-state index contributed by atoms with van der Waals surface area (Å²) in [7, 11) is 3.24. The molecule has 194 valence electrons. The van der Waals surface area contributed by atoms with Crippen molar-refractivity contribution in [1.82, 2.24) is 40.4 Å². The highest BCUT2D eigenvalue weighted by molar-refractivity contribution is 5.79. The highest BCUT2D eigenvalue weighted by Crippen LogP contribution is 2.33. The number of benzene rings is 3. The van der Waals surface area contributed by atoms with E-state index in [1.54, 1.807) is 23.6 Å². The number of nitrogens with zero attached hydrogens (tertiary/aromatic N) is 8. The van der Waals surface area contributed by atoms with Crippen LogP contribution in [0.15, 0.2) is 84.4 Å². The number of rotatable bonds is 7. The molecule has 0 fully saturated rings. The van der Waals surface area contributed by atoms with E-state index < -0.39 is 0 Å². The number of ether oxygens (including phenoxy) is 3. The van der Waals surface area contributed by atoms with E-state index in [0.717, 1.165) is 39.8 Å². The second kappa shape index (κ2) is 10.2. The summed E-state index contributed by atoms with van der Waals surface area (Å²) in [6.45, 7) is 1.99. The monoisotopic (exact) mass is 520 g/mol. The van der Waals surface area contributed by atoms with Gasteiger partial charge >= 0.3 is 0 Å². The Labute approximate surface area is 224 Å². The fourth-order valence-corrected chi connectivity index (χ4v) is 4.32. The SMILES string of the molecule is COc1ccc(-n2nnnc2C(=CC2=Cc3ccccc3OC2C)c2nnnn2-c2ccc(OC)cc2)cc1. The molecule has 11 heteroatoms. The van der Waals surface area contributed by atoms with E-state index in [9.17, 15) is 0 Å². The van der Waals surface area contributed by atoms with E-state index >= 15 is 0 Å². The molecule has 0 amide bonds. The van der Waals surface area contributed by atoms with Crippen molar-refractivity contribution in [1.29, 1.82) is 0 Å². The number of para-hydroxylation sites is 1. The standard InChI is InChI=1S/C28H24N8O3/c1-18-20(16-19-6-4-5-7-26(19)39-18)17-25(27-29-31-33-35(27)21-8-12-23(37-2)13-9-21)28-30-32-34-36(28)22-10-14-24(38-3)15-11-22/h4-18H,1-3H3. The van der Waals surface area contributed by atoms with Gasteiger partial charge in [-0.25, -0.2) is 0 Å². The zero-order valence-electron chi connectivity index (χ0n) is 21.5. The third-order valence-electron chi connectivity index (χ3n) is 6.38. The van der Waals surface area contributed by atoms with E-state index in [2.05, 4.69) is 37.1 Å². The average molecular weight is 521 g/mol. The zero-order valence-corrected chi connectivity index (χ0v) is 21.5. The van der Waals surface area contributed by atoms with Crippen molar-refractivity contribution in [3.63, 3.8) is 0 Å². The Morgan fingerprint density at radius 1 is 0.769 bits per heavy atom. The van der Waals surface area contributed by atoms with Crippen LogP contribution in [-0.2, 0) is 0 Å². The number of hydrogen-bond acceptors (Lipinski definition) is 9. The Kier molecular flexibility index (Phi) is 6.29. The first-order chi connectivity index (χ1) is 19.1. The van der Waals surface area contributed by atoms with Crippen LogP contribution in [0.5, 0.6) is 17.2 Å². The van der Waals surface area contributed by atoms with Crippen molar-refractivity contribution in [2.75, 3.05) is 14.2 Å². The van der Waals surface area contributed by atoms with E-state index in [0.29, 0.717) is 17.2 Å². The average Bonchev–Trinajstić information content (AvgIpc) is 3.67. The molecule has 0 radical (unpaired) electrons. The van der Waals surface area contributed by atoms with Crippen LogP contribution in [0.1, 0.15) is 24.1 Å². The predicted octanol–water partition coefficient (Wildman–Crippen LogP) is 3.95. The molecule has 3 aromatic carbocycles. The third-order valence-corrected chi connectivity index (χ3v) is 6.38. The molecule has 39 heavy (non-hydrogen) atoms. The summed E-state index contributed by atoms with van der Waals surface area (Å²) in [5.74, 6) is 3.19. The van der Waals surface area contributed by atoms with Gasteiger partial charge < -0.3 is 14.2 Å². The number of methoxy groups -OCH3 is 2. The van der Waals surface area contributed by atoms with Gasteiger partial charge in [0, 0.05) is 5.56 Å². The highest BCUT2D eigenvalue weighted by atomic mass is 16.5. The number of aromatic nitrogens is 8. The fraction of sp³-hybridized carbons (Fsp3) is 0.143. The van der Waals surface area contributed by atoms with Crippen LogP contribution in [0.2, 0.25) is 0 Å². The molecular formula is C28H24N8O3. The Hall–Kier alpha value is -5.32. The Balaban J connectivity index is 1.53. The predicted molar refractivity (Wildman–Crippen MR) is 143 cm³/mol. The van der Waals surface area contributed by atoms with Crippen LogP contribution in [-0.4, -0.2) is 60.7 Å². The summed E-state index contributed by atoms with van der Waals surface area (Å²) in [6, 6.07) is 22.8. The molecule has 11 nitrogen and oxygen atoms in total. The van der Waals surface area contributed by atoms with Crippen molar-refractivity contribution in [2.24, 2.45) is 0 Å². The smallest absolute Gasteiger partial charge is 0.190 e. The number of tetrazole rings is 2. The van der Waals surface area contributed by atoms with Gasteiger partial charge in [-0.05, 0) is 100 Å². The molecule has 0 bridgehead atoms. The maximum Gasteiger partial charge on any atom is 0.190 e. The number of hydrogen-bond donors (Lipinski definition) is 0. The third kappa shape index (κ3) is 4.61. The van der Waals surface area contributed by atoms with Crippen molar-refractivity contribution < 1.29 is 14.2 Å². The van der Waals surface area contributed by atoms with Crippen LogP contribution in [0.3, 0.4) is 0 Å². The Morgan fingerprint density at radius 3 is 1.85 bits per heavy atom. The molecule has 0 saturated carbocycles. The Morgan fingerprint density at radius 2 is 1.31 bits per heavy atom. The van der Waals surface area contributed by atoms with Gasteiger partial charge in [-0.1, -0.05) is 18.2 Å². The number of fused-ring (bicyclic) bond motifs is 1. The molecule has 6 rings (SSSR count). The first-order valence-corrected chi connectivity index (χ1v) is 12.2. The van der Waals surface area contributed by atoms with E-state index in [-0.39, 0.29) is 6.10 Å². The second-order valence-electron chi connectivity index (χ2n) is 8.72. The summed E-state index contributed by atoms with van der Waals surface area (Å²) < 4.78 is 20.1. The molecule has 1 atom stereocenters. The van der Waals surface area contributed by atoms with E-state index in [4.69, 9.17) is 14.2 Å². The van der Waals surface area contributed by atoms with Crippen LogP contribution in [0.25, 0.3) is 23.0 Å². The molecule has 5 aromatic rings. The normalized spacial score (nSPS) is 14.1. The van der Waals surface area contributed by atoms with Crippen molar-refractivity contribution in [3.05, 3.63) is 102 Å². The van der Waals surface area contributed by atoms with Gasteiger partial charge in [-0.3, -0.25) is 0 Å². The highest BCUT2D eigenvalue weighted by Gasteiger charge is 2.25. The topological polar surface area (TPSA) is 115 Å². The summed E-state index contributed by atoms with van der Waals surface area (Å²) in [6.07, 6.45) is 3.83. The minimum Gasteiger partial charge on any atom is -0.497 e. The van der Waals surface area contributed by atoms with Crippen molar-refractivity contribution in [2.45, 2.75) is 13.0 Å². The minimum atomic E-state index is -0.231. The first-order valence-electron chi connectivity index (χ1n) is 12.2. The Bertz CT molecular complexity index is 1580. The molecule has 0 spiro atoms. The lowest BCUT2D eigenvalue weighted by molar-refractivity contribution is 0.257. The van der Waals surface area contributed by atoms with Gasteiger partial charge in [0.25, 0.3) is 0 Å². The van der Waals surface area contributed by atoms with E-state index in [1.165, 1.54) is 0 Å². The summed E-state index contributed by atoms with van der Waals surface area (Å²) >= 11 is 0. The molecule has 3 heterocycles. The lowest BCUT2D eigenvalue weighted by atomic mass is 9.99. The molecule has 1 aliphatic heterocycles. The molecule has 2 aromatic heterocycles. The second-order valence-corrected chi connectivity index (χ2v) is 8.72. The van der Waals surface area contributed by atoms with Gasteiger partial charge in [0.2, 0.25) is 0 Å². The lowest BCUT2D eigenvalue weighted by Crippen LogP contribution is -2.18. The largest absolute Gasteiger partial charge is 0.497 e. The van der Waals surface area contributed by atoms with Gasteiger partial charge in [0.15, 0.2) is 11.6 Å². The lowest BCUT2D eigenvalue weighted by Gasteiger charge is -2.23. The first kappa shape index (κ1) is 24.0. The summed E-state index contributed by atoms with van der Waals surface area (Å²) in [5, 5.41) is 25.3. The van der Waals surface area contributed by atoms with Gasteiger partial charge in [0.1, 0.15) is 23.4 Å². The summed E-state index contributed by atoms with van der Waals surface area (Å²) in [4.78, 5) is 0. The summed E-state index contributed by atoms with van der Waals surface area (Å²) in [5.41, 5.74) is 4.00. The van der Waals surface area contributed by atoms with Crippen molar-refractivity contribution >= 4 is 11.6 Å². The van der Waals surface area contributed by atoms with Crippen LogP contribution in [0.4, 0.5) is 0 Å². The maximum absolute atomic E-state index is 6.20. The fourth-order valence-electron chi connectivity index (χ4n) is 4.32. The van der Waals surface area contributed by atoms with Crippen LogP contribution >= 0.6 is 0 Å². The minimum absolute atomic E-state index is 0.231. The van der Waals surface area contributed by atoms with Gasteiger partial charge in [0.05, 0.1) is 31.2 Å². The van der Waals surface area contributed by atoms with Crippen LogP contribution < -0.4 is 14.2 Å². The molecule has 1 unspecified atom stereocenters. The molecular weight excluding hydrogens is 496 g/mol. The van der Waals surface area contributed by atoms with Crippen molar-refractivity contribution in [3.8, 4) is 28.6 Å². The molecule has 1 aliphatic rings. The quantitative estimate of drug-likeness (QED) is 0.315.